The van der Waals surface area contributed by atoms with Crippen LogP contribution >= 0.6 is 15.9 Å². The highest BCUT2D eigenvalue weighted by Crippen LogP contribution is 2.26. The number of amides is 1. The van der Waals surface area contributed by atoms with E-state index in [0.29, 0.717) is 11.3 Å². The summed E-state index contributed by atoms with van der Waals surface area (Å²) in [5.74, 6) is 0.571. The Kier molecular flexibility index (Phi) is 5.41. The summed E-state index contributed by atoms with van der Waals surface area (Å²) in [5.41, 5.74) is 2.61. The van der Waals surface area contributed by atoms with Crippen LogP contribution in [0.15, 0.2) is 46.9 Å². The Morgan fingerprint density at radius 1 is 1.08 bits per heavy atom. The molecule has 2 aromatic rings. The van der Waals surface area contributed by atoms with Crippen LogP contribution in [0.2, 0.25) is 0 Å². The van der Waals surface area contributed by atoms with E-state index in [1.807, 2.05) is 12.1 Å². The van der Waals surface area contributed by atoms with Gasteiger partial charge in [-0.25, -0.2) is 0 Å². The van der Waals surface area contributed by atoms with E-state index < -0.39 is 0 Å². The van der Waals surface area contributed by atoms with E-state index in [1.165, 1.54) is 24.9 Å². The minimum Gasteiger partial charge on any atom is -0.496 e. The fraction of sp³-hybridized carbons (Fsp3) is 0.316. The average molecular weight is 389 g/mol. The van der Waals surface area contributed by atoms with Gasteiger partial charge in [-0.3, -0.25) is 4.79 Å². The molecule has 4 nitrogen and oxygen atoms in total. The number of carbonyl (C=O) groups excluding carboxylic acids is 1. The predicted molar refractivity (Wildman–Crippen MR) is 101 cm³/mol. The number of nitrogens with zero attached hydrogens (tertiary/aromatic N) is 1. The smallest absolute Gasteiger partial charge is 0.255 e. The van der Waals surface area contributed by atoms with Crippen molar-refractivity contribution in [1.29, 1.82) is 0 Å². The van der Waals surface area contributed by atoms with Crippen molar-refractivity contribution in [3.05, 3.63) is 52.5 Å². The van der Waals surface area contributed by atoms with Gasteiger partial charge in [0.15, 0.2) is 0 Å². The number of hydrogen-bond donors (Lipinski definition) is 1. The van der Waals surface area contributed by atoms with Gasteiger partial charge in [0.2, 0.25) is 0 Å². The van der Waals surface area contributed by atoms with Crippen molar-refractivity contribution in [3.63, 3.8) is 0 Å². The second-order valence-electron chi connectivity index (χ2n) is 5.90. The molecule has 1 aliphatic rings. The average Bonchev–Trinajstić information content (AvgIpc) is 2.63. The van der Waals surface area contributed by atoms with Crippen LogP contribution in [0, 0.1) is 0 Å². The van der Waals surface area contributed by atoms with Gasteiger partial charge in [0.05, 0.1) is 11.6 Å². The zero-order valence-corrected chi connectivity index (χ0v) is 15.3. The predicted octanol–water partition coefficient (Wildman–Crippen LogP) is 4.70. The summed E-state index contributed by atoms with van der Waals surface area (Å²) in [7, 11) is 1.60. The van der Waals surface area contributed by atoms with Gasteiger partial charge >= 0.3 is 0 Å². The zero-order valence-electron chi connectivity index (χ0n) is 13.7. The molecule has 0 bridgehead atoms. The molecule has 1 saturated heterocycles. The third-order valence-corrected chi connectivity index (χ3v) is 4.88. The SMILES string of the molecule is COc1ccc(C(=O)Nc2ccc(N3CCCCC3)cc2)cc1Br. The van der Waals surface area contributed by atoms with Crippen molar-refractivity contribution in [1.82, 2.24) is 0 Å². The molecule has 0 aliphatic carbocycles. The van der Waals surface area contributed by atoms with Crippen molar-refractivity contribution in [2.45, 2.75) is 19.3 Å². The maximum atomic E-state index is 12.4. The summed E-state index contributed by atoms with van der Waals surface area (Å²) in [6, 6.07) is 13.4. The standard InChI is InChI=1S/C19H21BrN2O2/c1-24-18-10-5-14(13-17(18)20)19(23)21-15-6-8-16(9-7-15)22-11-3-2-4-12-22/h5-10,13H,2-4,11-12H2,1H3,(H,21,23). The number of hydrogen-bond acceptors (Lipinski definition) is 3. The largest absolute Gasteiger partial charge is 0.496 e. The fourth-order valence-corrected chi connectivity index (χ4v) is 3.46. The number of methoxy groups -OCH3 is 1. The number of piperidine rings is 1. The Bertz CT molecular complexity index is 710. The zero-order chi connectivity index (χ0) is 16.9. The lowest BCUT2D eigenvalue weighted by atomic mass is 10.1. The molecule has 1 aliphatic heterocycles. The number of anilines is 2. The molecule has 1 N–H and O–H groups in total. The van der Waals surface area contributed by atoms with Crippen molar-refractivity contribution in [2.75, 3.05) is 30.4 Å². The molecule has 1 fully saturated rings. The van der Waals surface area contributed by atoms with Gasteiger partial charge in [0, 0.05) is 30.0 Å². The van der Waals surface area contributed by atoms with Crippen LogP contribution in [0.4, 0.5) is 11.4 Å². The van der Waals surface area contributed by atoms with Crippen LogP contribution in [-0.4, -0.2) is 26.1 Å². The molecule has 0 unspecified atom stereocenters. The molecule has 1 amide bonds. The maximum Gasteiger partial charge on any atom is 0.255 e. The molecule has 24 heavy (non-hydrogen) atoms. The second-order valence-corrected chi connectivity index (χ2v) is 6.75. The second kappa shape index (κ2) is 7.71. The first-order valence-electron chi connectivity index (χ1n) is 8.17. The summed E-state index contributed by atoms with van der Waals surface area (Å²) in [4.78, 5) is 14.8. The van der Waals surface area contributed by atoms with E-state index in [9.17, 15) is 4.79 Å². The van der Waals surface area contributed by atoms with Gasteiger partial charge in [0.25, 0.3) is 5.91 Å². The van der Waals surface area contributed by atoms with Gasteiger partial charge in [-0.2, -0.15) is 0 Å². The molecule has 0 saturated carbocycles. The molecular formula is C19H21BrN2O2. The van der Waals surface area contributed by atoms with E-state index >= 15 is 0 Å². The van der Waals surface area contributed by atoms with E-state index in [4.69, 9.17) is 4.74 Å². The van der Waals surface area contributed by atoms with Crippen molar-refractivity contribution in [3.8, 4) is 5.75 Å². The quantitative estimate of drug-likeness (QED) is 0.824. The Labute approximate surface area is 150 Å². The highest BCUT2D eigenvalue weighted by atomic mass is 79.9. The van der Waals surface area contributed by atoms with Crippen LogP contribution in [-0.2, 0) is 0 Å². The summed E-state index contributed by atoms with van der Waals surface area (Å²) in [6.45, 7) is 2.23. The normalized spacial score (nSPS) is 14.3. The van der Waals surface area contributed by atoms with E-state index in [-0.39, 0.29) is 5.91 Å². The molecule has 126 valence electrons. The number of benzene rings is 2. The Morgan fingerprint density at radius 2 is 1.79 bits per heavy atom. The lowest BCUT2D eigenvalue weighted by molar-refractivity contribution is 0.102. The number of ether oxygens (including phenoxy) is 1. The van der Waals surface area contributed by atoms with E-state index in [2.05, 4.69) is 38.3 Å². The minimum absolute atomic E-state index is 0.135. The minimum atomic E-state index is -0.135. The maximum absolute atomic E-state index is 12.4. The number of rotatable bonds is 4. The molecule has 0 aromatic heterocycles. The van der Waals surface area contributed by atoms with Crippen LogP contribution < -0.4 is 15.0 Å². The summed E-state index contributed by atoms with van der Waals surface area (Å²) in [6.07, 6.45) is 3.83. The van der Waals surface area contributed by atoms with Gasteiger partial charge in [-0.15, -0.1) is 0 Å². The van der Waals surface area contributed by atoms with Crippen LogP contribution in [0.5, 0.6) is 5.75 Å². The van der Waals surface area contributed by atoms with Gasteiger partial charge in [-0.1, -0.05) is 0 Å². The molecule has 5 heteroatoms. The van der Waals surface area contributed by atoms with Crippen LogP contribution in [0.25, 0.3) is 0 Å². The first-order chi connectivity index (χ1) is 11.7. The van der Waals surface area contributed by atoms with Gasteiger partial charge < -0.3 is 15.0 Å². The fourth-order valence-electron chi connectivity index (χ4n) is 2.92. The lowest BCUT2D eigenvalue weighted by Gasteiger charge is -2.28. The van der Waals surface area contributed by atoms with Crippen LogP contribution in [0.1, 0.15) is 29.6 Å². The van der Waals surface area contributed by atoms with E-state index in [1.54, 1.807) is 25.3 Å². The summed E-state index contributed by atoms with van der Waals surface area (Å²) >= 11 is 3.40. The third-order valence-electron chi connectivity index (χ3n) is 4.26. The van der Waals surface area contributed by atoms with Gasteiger partial charge in [-0.05, 0) is 77.7 Å². The lowest BCUT2D eigenvalue weighted by Crippen LogP contribution is -2.29. The molecule has 3 rings (SSSR count). The van der Waals surface area contributed by atoms with Crippen molar-refractivity contribution in [2.24, 2.45) is 0 Å². The number of nitrogens with one attached hydrogen (secondary N) is 1. The first kappa shape index (κ1) is 16.8. The summed E-state index contributed by atoms with van der Waals surface area (Å²) in [5, 5.41) is 2.93. The van der Waals surface area contributed by atoms with Crippen molar-refractivity contribution < 1.29 is 9.53 Å². The van der Waals surface area contributed by atoms with Crippen molar-refractivity contribution >= 4 is 33.2 Å². The molecule has 0 atom stereocenters. The van der Waals surface area contributed by atoms with Crippen LogP contribution in [0.3, 0.4) is 0 Å². The molecule has 1 heterocycles. The highest BCUT2D eigenvalue weighted by Gasteiger charge is 2.12. The topological polar surface area (TPSA) is 41.6 Å². The van der Waals surface area contributed by atoms with E-state index in [0.717, 1.165) is 23.2 Å². The monoisotopic (exact) mass is 388 g/mol. The first-order valence-corrected chi connectivity index (χ1v) is 8.96. The number of carbonyl (C=O) groups is 1. The number of halogens is 1. The molecular weight excluding hydrogens is 368 g/mol. The Morgan fingerprint density at radius 3 is 2.42 bits per heavy atom. The Hall–Kier alpha value is -2.01. The molecule has 2 aromatic carbocycles. The van der Waals surface area contributed by atoms with Gasteiger partial charge in [0.1, 0.15) is 5.75 Å². The third kappa shape index (κ3) is 3.90. The highest BCUT2D eigenvalue weighted by molar-refractivity contribution is 9.10. The summed E-state index contributed by atoms with van der Waals surface area (Å²) < 4.78 is 5.95. The molecule has 0 spiro atoms. The molecule has 0 radical (unpaired) electrons. The Balaban J connectivity index is 1.67.